The number of carbonyl (C=O) groups excluding carboxylic acids is 1. The van der Waals surface area contributed by atoms with E-state index in [-0.39, 0.29) is 11.2 Å². The summed E-state index contributed by atoms with van der Waals surface area (Å²) in [5.74, 6) is -0.132. The van der Waals surface area contributed by atoms with Crippen molar-refractivity contribution in [3.05, 3.63) is 10.6 Å². The van der Waals surface area contributed by atoms with Crippen molar-refractivity contribution >= 4 is 29.0 Å². The number of hydrogen-bond acceptors (Lipinski definition) is 1. The molecule has 0 aromatic carbocycles. The first-order chi connectivity index (χ1) is 5.36. The van der Waals surface area contributed by atoms with E-state index >= 15 is 0 Å². The zero-order chi connectivity index (χ0) is 9.52. The van der Waals surface area contributed by atoms with Gasteiger partial charge in [-0.15, -0.1) is 11.6 Å². The molecule has 3 heteroatoms. The Labute approximate surface area is 82.7 Å². The van der Waals surface area contributed by atoms with Crippen LogP contribution in [0.25, 0.3) is 0 Å². The Morgan fingerprint density at radius 2 is 2.00 bits per heavy atom. The fourth-order valence-electron chi connectivity index (χ4n) is 1.53. The Balaban J connectivity index is 3.08. The third-order valence-corrected chi connectivity index (χ3v) is 3.53. The van der Waals surface area contributed by atoms with E-state index in [1.807, 2.05) is 20.8 Å². The van der Waals surface area contributed by atoms with Crippen molar-refractivity contribution in [2.45, 2.75) is 32.6 Å². The van der Waals surface area contributed by atoms with E-state index in [1.165, 1.54) is 0 Å². The molecular formula is C9H12Cl2O. The maximum Gasteiger partial charge on any atom is 0.192 e. The second-order valence-corrected chi connectivity index (χ2v) is 4.80. The first-order valence-electron chi connectivity index (χ1n) is 3.90. The number of alkyl halides is 1. The lowest BCUT2D eigenvalue weighted by molar-refractivity contribution is -0.117. The lowest BCUT2D eigenvalue weighted by atomic mass is 9.76. The van der Waals surface area contributed by atoms with Crippen LogP contribution < -0.4 is 0 Å². The highest BCUT2D eigenvalue weighted by atomic mass is 35.5. The maximum absolute atomic E-state index is 11.4. The molecule has 0 fully saturated rings. The van der Waals surface area contributed by atoms with Crippen molar-refractivity contribution in [2.24, 2.45) is 5.41 Å². The molecule has 0 aromatic rings. The van der Waals surface area contributed by atoms with Crippen LogP contribution in [0.4, 0.5) is 0 Å². The second-order valence-electron chi connectivity index (χ2n) is 3.99. The molecule has 0 amide bonds. The minimum absolute atomic E-state index is 0.132. The highest BCUT2D eigenvalue weighted by Crippen LogP contribution is 2.40. The van der Waals surface area contributed by atoms with Crippen LogP contribution in [0, 0.1) is 5.41 Å². The van der Waals surface area contributed by atoms with Gasteiger partial charge in [-0.2, -0.15) is 0 Å². The van der Waals surface area contributed by atoms with Crippen molar-refractivity contribution < 1.29 is 4.79 Å². The van der Waals surface area contributed by atoms with Crippen LogP contribution in [0.1, 0.15) is 27.2 Å². The van der Waals surface area contributed by atoms with E-state index in [2.05, 4.69) is 0 Å². The Morgan fingerprint density at radius 3 is 2.50 bits per heavy atom. The second kappa shape index (κ2) is 3.04. The summed E-state index contributed by atoms with van der Waals surface area (Å²) in [6.45, 7) is 5.84. The van der Waals surface area contributed by atoms with Gasteiger partial charge < -0.3 is 0 Å². The number of halogens is 2. The Kier molecular flexibility index (Phi) is 2.55. The summed E-state index contributed by atoms with van der Waals surface area (Å²) < 4.78 is 0. The summed E-state index contributed by atoms with van der Waals surface area (Å²) in [5, 5.41) is -0.150. The van der Waals surface area contributed by atoms with Gasteiger partial charge in [-0.25, -0.2) is 0 Å². The topological polar surface area (TPSA) is 17.1 Å². The van der Waals surface area contributed by atoms with Gasteiger partial charge in [-0.05, 0) is 18.8 Å². The minimum atomic E-state index is -0.478. The van der Waals surface area contributed by atoms with E-state index in [1.54, 1.807) is 0 Å². The molecule has 1 aliphatic carbocycles. The number of carbonyl (C=O) groups is 1. The molecule has 1 aliphatic rings. The molecule has 68 valence electrons. The van der Waals surface area contributed by atoms with Gasteiger partial charge in [0.1, 0.15) is 5.38 Å². The van der Waals surface area contributed by atoms with Crippen LogP contribution in [-0.4, -0.2) is 11.2 Å². The molecule has 0 heterocycles. The molecule has 1 nitrogen and oxygen atoms in total. The van der Waals surface area contributed by atoms with E-state index in [4.69, 9.17) is 23.2 Å². The molecule has 0 radical (unpaired) electrons. The van der Waals surface area contributed by atoms with Crippen molar-refractivity contribution in [3.8, 4) is 0 Å². The van der Waals surface area contributed by atoms with Crippen LogP contribution in [0.5, 0.6) is 0 Å². The van der Waals surface area contributed by atoms with Gasteiger partial charge in [0.2, 0.25) is 0 Å². The van der Waals surface area contributed by atoms with Crippen LogP contribution in [-0.2, 0) is 4.79 Å². The Bertz CT molecular complexity index is 253. The van der Waals surface area contributed by atoms with Crippen molar-refractivity contribution in [3.63, 3.8) is 0 Å². The van der Waals surface area contributed by atoms with Crippen LogP contribution >= 0.6 is 23.2 Å². The van der Waals surface area contributed by atoms with Crippen molar-refractivity contribution in [1.29, 1.82) is 0 Å². The molecule has 0 spiro atoms. The first kappa shape index (κ1) is 10.1. The number of rotatable bonds is 0. The lowest BCUT2D eigenvalue weighted by Crippen LogP contribution is -2.36. The molecule has 0 aliphatic heterocycles. The van der Waals surface area contributed by atoms with Gasteiger partial charge in [-0.3, -0.25) is 4.79 Å². The van der Waals surface area contributed by atoms with Gasteiger partial charge in [0, 0.05) is 0 Å². The highest BCUT2D eigenvalue weighted by molar-refractivity contribution is 6.49. The highest BCUT2D eigenvalue weighted by Gasteiger charge is 2.39. The average Bonchev–Trinajstić information content (AvgIpc) is 1.97. The molecule has 0 saturated heterocycles. The predicted octanol–water partition coefficient (Wildman–Crippen LogP) is 3.11. The molecular weight excluding hydrogens is 195 g/mol. The summed E-state index contributed by atoms with van der Waals surface area (Å²) in [5.41, 5.74) is 0.782. The molecule has 0 saturated carbocycles. The average molecular weight is 207 g/mol. The van der Waals surface area contributed by atoms with E-state index in [9.17, 15) is 4.79 Å². The molecule has 0 aromatic heterocycles. The molecule has 1 atom stereocenters. The lowest BCUT2D eigenvalue weighted by Gasteiger charge is -2.33. The van der Waals surface area contributed by atoms with Gasteiger partial charge in [0.25, 0.3) is 0 Å². The molecule has 12 heavy (non-hydrogen) atoms. The van der Waals surface area contributed by atoms with E-state index in [0.717, 1.165) is 12.0 Å². The maximum atomic E-state index is 11.4. The van der Waals surface area contributed by atoms with Crippen LogP contribution in [0.2, 0.25) is 0 Å². The van der Waals surface area contributed by atoms with Gasteiger partial charge in [0.15, 0.2) is 5.78 Å². The van der Waals surface area contributed by atoms with E-state index in [0.29, 0.717) is 5.03 Å². The zero-order valence-corrected chi connectivity index (χ0v) is 8.96. The standard InChI is InChI=1S/C9H12Cl2O/c1-5-4-9(2,3)8(11)7(12)6(5)10/h8H,4H2,1-3H3. The smallest absolute Gasteiger partial charge is 0.192 e. The third kappa shape index (κ3) is 1.53. The van der Waals surface area contributed by atoms with Gasteiger partial charge >= 0.3 is 0 Å². The van der Waals surface area contributed by atoms with Crippen LogP contribution in [0.15, 0.2) is 10.6 Å². The van der Waals surface area contributed by atoms with Gasteiger partial charge in [-0.1, -0.05) is 31.0 Å². The molecule has 1 unspecified atom stereocenters. The number of ketones is 1. The van der Waals surface area contributed by atoms with Crippen molar-refractivity contribution in [1.82, 2.24) is 0 Å². The minimum Gasteiger partial charge on any atom is -0.291 e. The summed E-state index contributed by atoms with van der Waals surface area (Å²) in [4.78, 5) is 11.4. The summed E-state index contributed by atoms with van der Waals surface area (Å²) in [6, 6.07) is 0. The monoisotopic (exact) mass is 206 g/mol. The summed E-state index contributed by atoms with van der Waals surface area (Å²) in [6.07, 6.45) is 0.797. The first-order valence-corrected chi connectivity index (χ1v) is 4.71. The van der Waals surface area contributed by atoms with Crippen LogP contribution in [0.3, 0.4) is 0 Å². The molecule has 0 bridgehead atoms. The number of hydrogen-bond donors (Lipinski definition) is 0. The normalized spacial score (nSPS) is 29.4. The number of allylic oxidation sites excluding steroid dienone is 2. The summed E-state index contributed by atoms with van der Waals surface area (Å²) in [7, 11) is 0. The zero-order valence-electron chi connectivity index (χ0n) is 7.45. The van der Waals surface area contributed by atoms with Crippen molar-refractivity contribution in [2.75, 3.05) is 0 Å². The molecule has 1 rings (SSSR count). The quantitative estimate of drug-likeness (QED) is 0.558. The Morgan fingerprint density at radius 1 is 1.50 bits per heavy atom. The largest absolute Gasteiger partial charge is 0.291 e. The summed E-state index contributed by atoms with van der Waals surface area (Å²) >= 11 is 11.7. The third-order valence-electron chi connectivity index (χ3n) is 2.23. The molecule has 0 N–H and O–H groups in total. The van der Waals surface area contributed by atoms with E-state index < -0.39 is 5.38 Å². The fourth-order valence-corrected chi connectivity index (χ4v) is 1.95. The predicted molar refractivity (Wildman–Crippen MR) is 51.6 cm³/mol. The number of Topliss-reactive ketones (excluding diaryl/α,β-unsaturated/α-hetero) is 1. The van der Waals surface area contributed by atoms with Gasteiger partial charge in [0.05, 0.1) is 5.03 Å². The Hall–Kier alpha value is -0.0100. The fraction of sp³-hybridized carbons (Fsp3) is 0.667. The SMILES string of the molecule is CC1=C(Cl)C(=O)C(Cl)C(C)(C)C1.